The molecule has 0 bridgehead atoms. The summed E-state index contributed by atoms with van der Waals surface area (Å²) in [6.07, 6.45) is 2.32. The van der Waals surface area contributed by atoms with Crippen molar-refractivity contribution in [3.8, 4) is 5.75 Å². The van der Waals surface area contributed by atoms with Crippen LogP contribution >= 0.6 is 0 Å². The van der Waals surface area contributed by atoms with Gasteiger partial charge in [0.25, 0.3) is 0 Å². The Morgan fingerprint density at radius 2 is 1.94 bits per heavy atom. The van der Waals surface area contributed by atoms with Crippen LogP contribution in [0.15, 0.2) is 12.1 Å². The Labute approximate surface area is 105 Å². The Morgan fingerprint density at radius 1 is 1.24 bits per heavy atom. The van der Waals surface area contributed by atoms with E-state index in [9.17, 15) is 0 Å². The zero-order valence-electron chi connectivity index (χ0n) is 11.8. The van der Waals surface area contributed by atoms with Crippen LogP contribution in [0, 0.1) is 13.8 Å². The van der Waals surface area contributed by atoms with Gasteiger partial charge in [-0.1, -0.05) is 32.4 Å². The second-order valence-corrected chi connectivity index (χ2v) is 4.53. The molecule has 1 unspecified atom stereocenters. The van der Waals surface area contributed by atoms with Crippen LogP contribution in [0.4, 0.5) is 0 Å². The van der Waals surface area contributed by atoms with Crippen LogP contribution in [0.25, 0.3) is 0 Å². The fourth-order valence-electron chi connectivity index (χ4n) is 2.26. The topological polar surface area (TPSA) is 21.3 Å². The maximum Gasteiger partial charge on any atom is 0.126 e. The van der Waals surface area contributed by atoms with Gasteiger partial charge in [-0.2, -0.15) is 0 Å². The maximum atomic E-state index is 5.59. The first-order chi connectivity index (χ1) is 8.15. The minimum atomic E-state index is 0.402. The quantitative estimate of drug-likeness (QED) is 0.810. The number of nitrogens with one attached hydrogen (secondary N) is 1. The molecule has 0 aliphatic heterocycles. The normalized spacial score (nSPS) is 12.5. The van der Waals surface area contributed by atoms with Crippen molar-refractivity contribution in [2.75, 3.05) is 13.7 Å². The van der Waals surface area contributed by atoms with Gasteiger partial charge in [0.2, 0.25) is 0 Å². The highest BCUT2D eigenvalue weighted by Crippen LogP contribution is 2.32. The Hall–Kier alpha value is -1.02. The largest absolute Gasteiger partial charge is 0.496 e. The molecular weight excluding hydrogens is 210 g/mol. The molecule has 1 atom stereocenters. The Morgan fingerprint density at radius 3 is 2.47 bits per heavy atom. The zero-order chi connectivity index (χ0) is 12.8. The molecule has 0 spiro atoms. The van der Waals surface area contributed by atoms with Gasteiger partial charge in [0.15, 0.2) is 0 Å². The van der Waals surface area contributed by atoms with E-state index < -0.39 is 0 Å². The molecule has 0 aromatic heterocycles. The summed E-state index contributed by atoms with van der Waals surface area (Å²) in [5, 5.41) is 3.54. The molecule has 0 aliphatic rings. The third-order valence-electron chi connectivity index (χ3n) is 3.31. The number of benzene rings is 1. The van der Waals surface area contributed by atoms with E-state index in [-0.39, 0.29) is 0 Å². The van der Waals surface area contributed by atoms with Gasteiger partial charge in [0.1, 0.15) is 5.75 Å². The number of hydrogen-bond acceptors (Lipinski definition) is 2. The predicted octanol–water partition coefficient (Wildman–Crippen LogP) is 3.76. The highest BCUT2D eigenvalue weighted by molar-refractivity contribution is 5.46. The third-order valence-corrected chi connectivity index (χ3v) is 3.31. The third kappa shape index (κ3) is 3.22. The lowest BCUT2D eigenvalue weighted by atomic mass is 9.96. The molecule has 0 aliphatic carbocycles. The van der Waals surface area contributed by atoms with Crippen molar-refractivity contribution in [2.24, 2.45) is 0 Å². The molecule has 0 radical (unpaired) electrons. The molecule has 1 aromatic carbocycles. The first kappa shape index (κ1) is 14.0. The zero-order valence-corrected chi connectivity index (χ0v) is 11.8. The fourth-order valence-corrected chi connectivity index (χ4v) is 2.26. The fraction of sp³-hybridized carbons (Fsp3) is 0.600. The van der Waals surface area contributed by atoms with E-state index in [0.29, 0.717) is 6.04 Å². The standard InChI is InChI=1S/C15H25NO/c1-6-8-14(16-7-2)13-10-9-11(3)12(4)15(13)17-5/h9-10,14,16H,6-8H2,1-5H3. The number of hydrogen-bond donors (Lipinski definition) is 1. The van der Waals surface area contributed by atoms with Crippen molar-refractivity contribution in [3.05, 3.63) is 28.8 Å². The molecule has 0 amide bonds. The van der Waals surface area contributed by atoms with Crippen LogP contribution < -0.4 is 10.1 Å². The molecule has 1 rings (SSSR count). The van der Waals surface area contributed by atoms with Gasteiger partial charge in [-0.15, -0.1) is 0 Å². The molecule has 2 nitrogen and oxygen atoms in total. The molecule has 2 heteroatoms. The van der Waals surface area contributed by atoms with Gasteiger partial charge in [0.05, 0.1) is 7.11 Å². The smallest absolute Gasteiger partial charge is 0.126 e. The molecule has 1 aromatic rings. The lowest BCUT2D eigenvalue weighted by Gasteiger charge is -2.22. The van der Waals surface area contributed by atoms with Crippen LogP contribution in [0.5, 0.6) is 5.75 Å². The van der Waals surface area contributed by atoms with Crippen LogP contribution in [0.3, 0.4) is 0 Å². The van der Waals surface area contributed by atoms with E-state index in [0.717, 1.165) is 18.7 Å². The first-order valence-corrected chi connectivity index (χ1v) is 6.53. The van der Waals surface area contributed by atoms with E-state index in [1.165, 1.54) is 23.1 Å². The lowest BCUT2D eigenvalue weighted by molar-refractivity contribution is 0.392. The van der Waals surface area contributed by atoms with Crippen molar-refractivity contribution < 1.29 is 4.74 Å². The van der Waals surface area contributed by atoms with Gasteiger partial charge in [-0.25, -0.2) is 0 Å². The summed E-state index contributed by atoms with van der Waals surface area (Å²) in [6.45, 7) is 9.62. The highest BCUT2D eigenvalue weighted by Gasteiger charge is 2.16. The summed E-state index contributed by atoms with van der Waals surface area (Å²) in [4.78, 5) is 0. The first-order valence-electron chi connectivity index (χ1n) is 6.53. The summed E-state index contributed by atoms with van der Waals surface area (Å²) < 4.78 is 5.59. The second kappa shape index (κ2) is 6.65. The summed E-state index contributed by atoms with van der Waals surface area (Å²) in [5.41, 5.74) is 3.83. The van der Waals surface area contributed by atoms with Crippen molar-refractivity contribution in [1.82, 2.24) is 5.32 Å². The molecular formula is C15H25NO. The predicted molar refractivity (Wildman–Crippen MR) is 73.8 cm³/mol. The molecule has 96 valence electrons. The summed E-state index contributed by atoms with van der Waals surface area (Å²) in [7, 11) is 1.76. The molecule has 17 heavy (non-hydrogen) atoms. The summed E-state index contributed by atoms with van der Waals surface area (Å²) in [5.74, 6) is 1.05. The summed E-state index contributed by atoms with van der Waals surface area (Å²) in [6, 6.07) is 4.79. The number of methoxy groups -OCH3 is 1. The van der Waals surface area contributed by atoms with E-state index in [2.05, 4.69) is 45.1 Å². The second-order valence-electron chi connectivity index (χ2n) is 4.53. The van der Waals surface area contributed by atoms with Gasteiger partial charge in [0, 0.05) is 11.6 Å². The van der Waals surface area contributed by atoms with Gasteiger partial charge in [-0.3, -0.25) is 0 Å². The molecule has 1 N–H and O–H groups in total. The van der Waals surface area contributed by atoms with Gasteiger partial charge >= 0.3 is 0 Å². The minimum absolute atomic E-state index is 0.402. The van der Waals surface area contributed by atoms with Crippen molar-refractivity contribution >= 4 is 0 Å². The van der Waals surface area contributed by atoms with Crippen molar-refractivity contribution in [2.45, 2.75) is 46.6 Å². The van der Waals surface area contributed by atoms with Crippen LogP contribution in [0.1, 0.15) is 49.4 Å². The van der Waals surface area contributed by atoms with Gasteiger partial charge in [-0.05, 0) is 37.9 Å². The highest BCUT2D eigenvalue weighted by atomic mass is 16.5. The molecule has 0 saturated heterocycles. The van der Waals surface area contributed by atoms with Crippen LogP contribution in [-0.2, 0) is 0 Å². The van der Waals surface area contributed by atoms with E-state index in [1.54, 1.807) is 7.11 Å². The Kier molecular flexibility index (Phi) is 5.49. The SMILES string of the molecule is CCCC(NCC)c1ccc(C)c(C)c1OC. The van der Waals surface area contributed by atoms with E-state index in [4.69, 9.17) is 4.74 Å². The minimum Gasteiger partial charge on any atom is -0.496 e. The average molecular weight is 235 g/mol. The number of aryl methyl sites for hydroxylation is 1. The van der Waals surface area contributed by atoms with E-state index in [1.807, 2.05) is 0 Å². The molecule has 0 saturated carbocycles. The summed E-state index contributed by atoms with van der Waals surface area (Å²) >= 11 is 0. The van der Waals surface area contributed by atoms with Gasteiger partial charge < -0.3 is 10.1 Å². The van der Waals surface area contributed by atoms with Crippen molar-refractivity contribution in [3.63, 3.8) is 0 Å². The number of ether oxygens (including phenoxy) is 1. The van der Waals surface area contributed by atoms with Crippen LogP contribution in [0.2, 0.25) is 0 Å². The van der Waals surface area contributed by atoms with Crippen LogP contribution in [-0.4, -0.2) is 13.7 Å². The van der Waals surface area contributed by atoms with E-state index >= 15 is 0 Å². The lowest BCUT2D eigenvalue weighted by Crippen LogP contribution is -2.21. The maximum absolute atomic E-state index is 5.59. The molecule has 0 heterocycles. The average Bonchev–Trinajstić information content (AvgIpc) is 2.32. The Bertz CT molecular complexity index is 354. The monoisotopic (exact) mass is 235 g/mol. The molecule has 0 fully saturated rings. The van der Waals surface area contributed by atoms with Crippen molar-refractivity contribution in [1.29, 1.82) is 0 Å². The number of rotatable bonds is 6. The Balaban J connectivity index is 3.13.